The first-order valence-electron chi connectivity index (χ1n) is 11.4. The SMILES string of the molecule is Cc1cc(C)c2oc(=O)c(C(c3ccc(O)cc3)c3c(O)c4cc(C)cc(C)c4oc3=O)c(O)c2c1. The molecule has 2 heterocycles. The zero-order chi connectivity index (χ0) is 25.9. The molecule has 5 rings (SSSR count). The van der Waals surface area contributed by atoms with Crippen LogP contribution in [0, 0.1) is 27.7 Å². The molecule has 0 radical (unpaired) electrons. The fourth-order valence-corrected chi connectivity index (χ4v) is 4.96. The van der Waals surface area contributed by atoms with Crippen molar-refractivity contribution in [1.29, 1.82) is 0 Å². The minimum Gasteiger partial charge on any atom is -0.508 e. The number of fused-ring (bicyclic) bond motifs is 2. The molecule has 0 unspecified atom stereocenters. The number of hydrogen-bond donors (Lipinski definition) is 3. The molecule has 7 heteroatoms. The Labute approximate surface area is 205 Å². The molecule has 7 nitrogen and oxygen atoms in total. The number of benzene rings is 3. The van der Waals surface area contributed by atoms with Crippen molar-refractivity contribution in [3.05, 3.63) is 108 Å². The molecule has 3 aromatic carbocycles. The van der Waals surface area contributed by atoms with E-state index in [0.29, 0.717) is 27.5 Å². The molecule has 0 aliphatic carbocycles. The first-order valence-corrected chi connectivity index (χ1v) is 11.4. The van der Waals surface area contributed by atoms with E-state index >= 15 is 0 Å². The van der Waals surface area contributed by atoms with Crippen molar-refractivity contribution in [2.75, 3.05) is 0 Å². The average molecular weight is 485 g/mol. The van der Waals surface area contributed by atoms with Gasteiger partial charge < -0.3 is 24.2 Å². The molecule has 0 bridgehead atoms. The molecule has 0 aliphatic heterocycles. The Balaban J connectivity index is 1.93. The second-order valence-electron chi connectivity index (χ2n) is 9.25. The van der Waals surface area contributed by atoms with E-state index in [-0.39, 0.29) is 39.5 Å². The maximum atomic E-state index is 13.4. The largest absolute Gasteiger partial charge is 0.508 e. The molecular formula is C29H24O7. The lowest BCUT2D eigenvalue weighted by Crippen LogP contribution is -2.21. The van der Waals surface area contributed by atoms with Gasteiger partial charge in [0, 0.05) is 0 Å². The summed E-state index contributed by atoms with van der Waals surface area (Å²) < 4.78 is 11.3. The van der Waals surface area contributed by atoms with Gasteiger partial charge in [0.1, 0.15) is 28.4 Å². The summed E-state index contributed by atoms with van der Waals surface area (Å²) in [6, 6.07) is 12.8. The van der Waals surface area contributed by atoms with Gasteiger partial charge in [-0.3, -0.25) is 0 Å². The van der Waals surface area contributed by atoms with E-state index in [2.05, 4.69) is 0 Å². The lowest BCUT2D eigenvalue weighted by molar-refractivity contribution is 0.441. The highest BCUT2D eigenvalue weighted by molar-refractivity contribution is 5.89. The van der Waals surface area contributed by atoms with E-state index in [1.807, 2.05) is 26.0 Å². The second-order valence-corrected chi connectivity index (χ2v) is 9.25. The van der Waals surface area contributed by atoms with Crippen molar-refractivity contribution >= 4 is 21.9 Å². The molecule has 5 aromatic rings. The Hall–Kier alpha value is -4.52. The number of hydrogen-bond acceptors (Lipinski definition) is 7. The molecule has 0 spiro atoms. The summed E-state index contributed by atoms with van der Waals surface area (Å²) in [4.78, 5) is 26.7. The summed E-state index contributed by atoms with van der Waals surface area (Å²) in [5, 5.41) is 33.2. The molecule has 36 heavy (non-hydrogen) atoms. The topological polar surface area (TPSA) is 121 Å². The predicted octanol–water partition coefficient (Wildman–Crippen LogP) is 5.43. The fraction of sp³-hybridized carbons (Fsp3) is 0.172. The van der Waals surface area contributed by atoms with Crippen LogP contribution in [0.25, 0.3) is 21.9 Å². The third-order valence-corrected chi connectivity index (χ3v) is 6.49. The van der Waals surface area contributed by atoms with Crippen LogP contribution < -0.4 is 11.3 Å². The standard InChI is InChI=1S/C29H24O7/c1-13-9-15(3)26-19(11-13)24(31)22(28(33)35-26)21(17-5-7-18(30)8-6-17)23-25(32)20-12-14(2)10-16(4)27(20)36-29(23)34/h5-12,21,30-32H,1-4H3. The molecule has 0 fully saturated rings. The van der Waals surface area contributed by atoms with Crippen molar-refractivity contribution in [1.82, 2.24) is 0 Å². The van der Waals surface area contributed by atoms with Gasteiger partial charge in [-0.2, -0.15) is 0 Å². The van der Waals surface area contributed by atoms with Crippen LogP contribution >= 0.6 is 0 Å². The summed E-state index contributed by atoms with van der Waals surface area (Å²) in [6.45, 7) is 7.23. The quantitative estimate of drug-likeness (QED) is 0.292. The maximum Gasteiger partial charge on any atom is 0.344 e. The van der Waals surface area contributed by atoms with Crippen LogP contribution in [-0.4, -0.2) is 15.3 Å². The highest BCUT2D eigenvalue weighted by atomic mass is 16.4. The molecule has 3 N–H and O–H groups in total. The average Bonchev–Trinajstić information content (AvgIpc) is 2.80. The minimum atomic E-state index is -1.24. The summed E-state index contributed by atoms with van der Waals surface area (Å²) in [7, 11) is 0. The van der Waals surface area contributed by atoms with Crippen LogP contribution in [0.4, 0.5) is 0 Å². The molecule has 2 aromatic heterocycles. The molecule has 182 valence electrons. The zero-order valence-electron chi connectivity index (χ0n) is 20.2. The summed E-state index contributed by atoms with van der Waals surface area (Å²) >= 11 is 0. The second kappa shape index (κ2) is 8.30. The Kier molecular flexibility index (Phi) is 5.36. The van der Waals surface area contributed by atoms with Gasteiger partial charge in [0.05, 0.1) is 27.8 Å². The minimum absolute atomic E-state index is 0.0282. The molecule has 0 aliphatic rings. The van der Waals surface area contributed by atoms with Crippen LogP contribution in [0.2, 0.25) is 0 Å². The van der Waals surface area contributed by atoms with Crippen LogP contribution in [0.3, 0.4) is 0 Å². The van der Waals surface area contributed by atoms with Crippen LogP contribution in [0.5, 0.6) is 17.2 Å². The van der Waals surface area contributed by atoms with Crippen LogP contribution in [0.1, 0.15) is 44.9 Å². The van der Waals surface area contributed by atoms with Crippen molar-refractivity contribution in [2.45, 2.75) is 33.6 Å². The number of phenols is 1. The third-order valence-electron chi connectivity index (χ3n) is 6.49. The van der Waals surface area contributed by atoms with Gasteiger partial charge >= 0.3 is 11.3 Å². The summed E-state index contributed by atoms with van der Waals surface area (Å²) in [6.07, 6.45) is 0. The number of rotatable bonds is 3. The number of aromatic hydroxyl groups is 3. The summed E-state index contributed by atoms with van der Waals surface area (Å²) in [5.74, 6) is -1.98. The highest BCUT2D eigenvalue weighted by Gasteiger charge is 2.33. The monoisotopic (exact) mass is 484 g/mol. The van der Waals surface area contributed by atoms with Gasteiger partial charge in [-0.05, 0) is 79.8 Å². The third kappa shape index (κ3) is 3.60. The fourth-order valence-electron chi connectivity index (χ4n) is 4.96. The normalized spacial score (nSPS) is 11.6. The molecule has 0 saturated carbocycles. The van der Waals surface area contributed by atoms with Gasteiger partial charge in [-0.25, -0.2) is 9.59 Å². The van der Waals surface area contributed by atoms with Crippen molar-refractivity contribution in [3.8, 4) is 17.2 Å². The maximum absolute atomic E-state index is 13.4. The molecular weight excluding hydrogens is 460 g/mol. The van der Waals surface area contributed by atoms with E-state index in [1.54, 1.807) is 26.0 Å². The zero-order valence-corrected chi connectivity index (χ0v) is 20.2. The molecule has 0 saturated heterocycles. The number of aryl methyl sites for hydroxylation is 4. The Morgan fingerprint density at radius 1 is 0.639 bits per heavy atom. The van der Waals surface area contributed by atoms with E-state index in [9.17, 15) is 24.9 Å². The molecule has 0 atom stereocenters. The van der Waals surface area contributed by atoms with E-state index in [1.165, 1.54) is 24.3 Å². The van der Waals surface area contributed by atoms with E-state index < -0.39 is 17.2 Å². The van der Waals surface area contributed by atoms with Gasteiger partial charge in [0.2, 0.25) is 0 Å². The Bertz CT molecular complexity index is 1680. The van der Waals surface area contributed by atoms with Gasteiger partial charge in [-0.1, -0.05) is 24.3 Å². The Morgan fingerprint density at radius 2 is 1.06 bits per heavy atom. The summed E-state index contributed by atoms with van der Waals surface area (Å²) in [5.41, 5.74) is 1.71. The first-order chi connectivity index (χ1) is 17.1. The van der Waals surface area contributed by atoms with Crippen molar-refractivity contribution < 1.29 is 24.2 Å². The van der Waals surface area contributed by atoms with Gasteiger partial charge in [-0.15, -0.1) is 0 Å². The van der Waals surface area contributed by atoms with Crippen LogP contribution in [0.15, 0.2) is 67.0 Å². The predicted molar refractivity (Wildman–Crippen MR) is 136 cm³/mol. The lowest BCUT2D eigenvalue weighted by Gasteiger charge is -2.20. The number of phenolic OH excluding ortho intramolecular Hbond substituents is 1. The highest BCUT2D eigenvalue weighted by Crippen LogP contribution is 2.43. The molecule has 0 amide bonds. The van der Waals surface area contributed by atoms with E-state index in [4.69, 9.17) is 8.83 Å². The lowest BCUT2D eigenvalue weighted by atomic mass is 9.84. The van der Waals surface area contributed by atoms with Crippen molar-refractivity contribution in [3.63, 3.8) is 0 Å². The van der Waals surface area contributed by atoms with Gasteiger partial charge in [0.25, 0.3) is 0 Å². The van der Waals surface area contributed by atoms with E-state index in [0.717, 1.165) is 11.1 Å². The Morgan fingerprint density at radius 3 is 1.47 bits per heavy atom. The van der Waals surface area contributed by atoms with Crippen molar-refractivity contribution in [2.24, 2.45) is 0 Å². The smallest absolute Gasteiger partial charge is 0.344 e. The first kappa shape index (κ1) is 23.2. The van der Waals surface area contributed by atoms with Gasteiger partial charge in [0.15, 0.2) is 0 Å². The van der Waals surface area contributed by atoms with Crippen LogP contribution in [-0.2, 0) is 0 Å².